The average molecular weight is 418 g/mol. The minimum Gasteiger partial charge on any atom is -0.467 e. The number of hydrogen-bond donors (Lipinski definition) is 0. The van der Waals surface area contributed by atoms with Crippen LogP contribution in [-0.2, 0) is 30.4 Å². The van der Waals surface area contributed by atoms with Gasteiger partial charge in [-0.3, -0.25) is 4.90 Å². The minimum absolute atomic E-state index is 0.0385. The maximum absolute atomic E-state index is 12.7. The van der Waals surface area contributed by atoms with Crippen molar-refractivity contribution >= 4 is 18.0 Å². The molecule has 0 unspecified atom stereocenters. The molecule has 2 atom stereocenters. The molecule has 1 aromatic carbocycles. The summed E-state index contributed by atoms with van der Waals surface area (Å²) in [4.78, 5) is 38.3. The van der Waals surface area contributed by atoms with Gasteiger partial charge in [0.15, 0.2) is 0 Å². The topological polar surface area (TPSA) is 82.1 Å². The summed E-state index contributed by atoms with van der Waals surface area (Å²) in [5, 5.41) is 0. The van der Waals surface area contributed by atoms with E-state index in [4.69, 9.17) is 14.2 Å². The van der Waals surface area contributed by atoms with Crippen molar-refractivity contribution in [2.45, 2.75) is 58.3 Å². The quantitative estimate of drug-likeness (QED) is 0.411. The van der Waals surface area contributed by atoms with Crippen LogP contribution < -0.4 is 0 Å². The lowest BCUT2D eigenvalue weighted by molar-refractivity contribution is -0.148. The molecule has 0 spiro atoms. The molecule has 1 aromatic rings. The van der Waals surface area contributed by atoms with Crippen molar-refractivity contribution in [3.8, 4) is 0 Å². The number of hydrogen-bond acceptors (Lipinski definition) is 6. The summed E-state index contributed by atoms with van der Waals surface area (Å²) >= 11 is 0. The Balaban J connectivity index is 2.01. The van der Waals surface area contributed by atoms with Gasteiger partial charge in [-0.2, -0.15) is 0 Å². The number of nitrogens with zero attached hydrogens (tertiary/aromatic N) is 1. The lowest BCUT2D eigenvalue weighted by Crippen LogP contribution is -2.45. The molecule has 164 valence electrons. The SMILES string of the molecule is COC(=O)[C@@H]1CC[C@H](/C=C/C(=O)OC(C)(C)C)CCN1C(=O)OCc1ccccc1. The third-order valence-corrected chi connectivity index (χ3v) is 4.75. The first-order chi connectivity index (χ1) is 14.2. The molecule has 7 heteroatoms. The van der Waals surface area contributed by atoms with E-state index in [9.17, 15) is 14.4 Å². The van der Waals surface area contributed by atoms with Crippen LogP contribution in [0, 0.1) is 5.92 Å². The molecule has 0 aromatic heterocycles. The molecule has 1 aliphatic rings. The zero-order chi connectivity index (χ0) is 22.1. The van der Waals surface area contributed by atoms with E-state index in [0.717, 1.165) is 5.56 Å². The number of allylic oxidation sites excluding steroid dienone is 1. The normalized spacial score (nSPS) is 19.8. The van der Waals surface area contributed by atoms with Crippen LogP contribution in [0.25, 0.3) is 0 Å². The van der Waals surface area contributed by atoms with Gasteiger partial charge in [0, 0.05) is 12.6 Å². The van der Waals surface area contributed by atoms with Crippen molar-refractivity contribution in [2.75, 3.05) is 13.7 Å². The molecule has 0 radical (unpaired) electrons. The summed E-state index contributed by atoms with van der Waals surface area (Å²) < 4.78 is 15.6. The van der Waals surface area contributed by atoms with Gasteiger partial charge < -0.3 is 14.2 Å². The maximum atomic E-state index is 12.7. The molecular formula is C23H31NO6. The number of ether oxygens (including phenoxy) is 3. The molecule has 7 nitrogen and oxygen atoms in total. The highest BCUT2D eigenvalue weighted by Crippen LogP contribution is 2.25. The van der Waals surface area contributed by atoms with Crippen molar-refractivity contribution in [1.82, 2.24) is 4.90 Å². The van der Waals surface area contributed by atoms with Gasteiger partial charge in [-0.1, -0.05) is 36.4 Å². The highest BCUT2D eigenvalue weighted by molar-refractivity contribution is 5.82. The molecule has 1 heterocycles. The van der Waals surface area contributed by atoms with Crippen LogP contribution in [0.4, 0.5) is 4.79 Å². The highest BCUT2D eigenvalue weighted by atomic mass is 16.6. The maximum Gasteiger partial charge on any atom is 0.410 e. The van der Waals surface area contributed by atoms with Crippen molar-refractivity contribution in [3.63, 3.8) is 0 Å². The minimum atomic E-state index is -0.710. The first-order valence-electron chi connectivity index (χ1n) is 10.2. The van der Waals surface area contributed by atoms with Crippen molar-refractivity contribution in [2.24, 2.45) is 5.92 Å². The third kappa shape index (κ3) is 7.54. The standard InChI is InChI=1S/C23H31NO6/c1-23(2,3)30-20(25)13-11-17-10-12-19(21(26)28-4)24(15-14-17)22(27)29-16-18-8-6-5-7-9-18/h5-9,11,13,17,19H,10,12,14-16H2,1-4H3/b13-11+/t17-,19+/m1/s1. The third-order valence-electron chi connectivity index (χ3n) is 4.75. The molecule has 0 aliphatic carbocycles. The lowest BCUT2D eigenvalue weighted by Gasteiger charge is -2.27. The fourth-order valence-electron chi connectivity index (χ4n) is 3.28. The second kappa shape index (κ2) is 10.8. The van der Waals surface area contributed by atoms with Crippen LogP contribution >= 0.6 is 0 Å². The Morgan fingerprint density at radius 1 is 1.10 bits per heavy atom. The van der Waals surface area contributed by atoms with Crippen molar-refractivity contribution < 1.29 is 28.6 Å². The summed E-state index contributed by atoms with van der Waals surface area (Å²) in [7, 11) is 1.31. The number of esters is 2. The van der Waals surface area contributed by atoms with E-state index in [-0.39, 0.29) is 12.5 Å². The number of methoxy groups -OCH3 is 1. The molecule has 0 saturated carbocycles. The first kappa shape index (κ1) is 23.4. The van der Waals surface area contributed by atoms with E-state index < -0.39 is 29.7 Å². The molecular weight excluding hydrogens is 386 g/mol. The molecule has 1 fully saturated rings. The smallest absolute Gasteiger partial charge is 0.410 e. The Morgan fingerprint density at radius 3 is 2.43 bits per heavy atom. The summed E-state index contributed by atoms with van der Waals surface area (Å²) in [6, 6.07) is 8.65. The van der Waals surface area contributed by atoms with Gasteiger partial charge >= 0.3 is 18.0 Å². The predicted molar refractivity (Wildman–Crippen MR) is 111 cm³/mol. The van der Waals surface area contributed by atoms with E-state index in [1.165, 1.54) is 18.1 Å². The summed E-state index contributed by atoms with van der Waals surface area (Å²) in [5.74, 6) is -0.838. The van der Waals surface area contributed by atoms with Crippen LogP contribution in [0.15, 0.2) is 42.5 Å². The Labute approximate surface area is 178 Å². The van der Waals surface area contributed by atoms with Gasteiger partial charge in [-0.25, -0.2) is 14.4 Å². The molecule has 1 aliphatic heterocycles. The Morgan fingerprint density at radius 2 is 1.80 bits per heavy atom. The largest absolute Gasteiger partial charge is 0.467 e. The second-order valence-corrected chi connectivity index (χ2v) is 8.29. The van der Waals surface area contributed by atoms with Gasteiger partial charge in [-0.15, -0.1) is 0 Å². The van der Waals surface area contributed by atoms with Gasteiger partial charge in [0.2, 0.25) is 0 Å². The number of carbonyl (C=O) groups is 3. The van der Waals surface area contributed by atoms with Crippen LogP contribution in [0.3, 0.4) is 0 Å². The Kier molecular flexibility index (Phi) is 8.45. The number of likely N-dealkylation sites (tertiary alicyclic amines) is 1. The average Bonchev–Trinajstić information content (AvgIpc) is 2.92. The molecule has 2 rings (SSSR count). The second-order valence-electron chi connectivity index (χ2n) is 8.29. The molecule has 1 amide bonds. The lowest BCUT2D eigenvalue weighted by atomic mass is 9.98. The van der Waals surface area contributed by atoms with E-state index in [1.54, 1.807) is 6.08 Å². The molecule has 1 saturated heterocycles. The highest BCUT2D eigenvalue weighted by Gasteiger charge is 2.34. The molecule has 0 N–H and O–H groups in total. The van der Waals surface area contributed by atoms with Crippen molar-refractivity contribution in [1.29, 1.82) is 0 Å². The number of rotatable bonds is 5. The van der Waals surface area contributed by atoms with E-state index in [2.05, 4.69) is 0 Å². The van der Waals surface area contributed by atoms with Gasteiger partial charge in [0.1, 0.15) is 18.2 Å². The fourth-order valence-corrected chi connectivity index (χ4v) is 3.28. The van der Waals surface area contributed by atoms with Gasteiger partial charge in [0.25, 0.3) is 0 Å². The first-order valence-corrected chi connectivity index (χ1v) is 10.2. The zero-order valence-corrected chi connectivity index (χ0v) is 18.1. The Hall–Kier alpha value is -2.83. The van der Waals surface area contributed by atoms with Crippen LogP contribution in [0.2, 0.25) is 0 Å². The van der Waals surface area contributed by atoms with E-state index in [1.807, 2.05) is 51.1 Å². The Bertz CT molecular complexity index is 753. The number of amides is 1. The van der Waals surface area contributed by atoms with Gasteiger partial charge in [-0.05, 0) is 51.5 Å². The molecule has 30 heavy (non-hydrogen) atoms. The monoisotopic (exact) mass is 417 g/mol. The van der Waals surface area contributed by atoms with Gasteiger partial charge in [0.05, 0.1) is 7.11 Å². The van der Waals surface area contributed by atoms with Crippen LogP contribution in [-0.4, -0.2) is 48.2 Å². The zero-order valence-electron chi connectivity index (χ0n) is 18.1. The van der Waals surface area contributed by atoms with Crippen LogP contribution in [0.1, 0.15) is 45.6 Å². The summed E-state index contributed by atoms with van der Waals surface area (Å²) in [6.45, 7) is 5.89. The summed E-state index contributed by atoms with van der Waals surface area (Å²) in [5.41, 5.74) is 0.314. The summed E-state index contributed by atoms with van der Waals surface area (Å²) in [6.07, 6.45) is 4.34. The van der Waals surface area contributed by atoms with E-state index >= 15 is 0 Å². The van der Waals surface area contributed by atoms with Crippen molar-refractivity contribution in [3.05, 3.63) is 48.0 Å². The van der Waals surface area contributed by atoms with Crippen LogP contribution in [0.5, 0.6) is 0 Å². The number of carbonyl (C=O) groups excluding carboxylic acids is 3. The molecule has 0 bridgehead atoms. The van der Waals surface area contributed by atoms with E-state index in [0.29, 0.717) is 25.8 Å². The fraction of sp³-hybridized carbons (Fsp3) is 0.522. The number of benzene rings is 1. The predicted octanol–water partition coefficient (Wildman–Crippen LogP) is 3.86.